The van der Waals surface area contributed by atoms with Crippen molar-refractivity contribution in [1.82, 2.24) is 9.38 Å². The molecule has 0 unspecified atom stereocenters. The maximum absolute atomic E-state index is 10.6. The number of aliphatic carboxylic acids is 1. The predicted octanol–water partition coefficient (Wildman–Crippen LogP) is 2.68. The number of hydrogen-bond donors (Lipinski definition) is 1. The minimum Gasteiger partial charge on any atom is -0.481 e. The number of nitrogens with zero attached hydrogens (tertiary/aromatic N) is 2. The number of thiazole rings is 1. The summed E-state index contributed by atoms with van der Waals surface area (Å²) < 4.78 is 2.26. The number of imidazole rings is 1. The summed E-state index contributed by atoms with van der Waals surface area (Å²) in [5.74, 6) is -0.714. The van der Waals surface area contributed by atoms with Crippen LogP contribution in [-0.4, -0.2) is 20.5 Å². The fourth-order valence-electron chi connectivity index (χ4n) is 2.66. The molecule has 2 aromatic rings. The molecule has 0 radical (unpaired) electrons. The second kappa shape index (κ2) is 4.72. The van der Waals surface area contributed by atoms with Crippen LogP contribution in [0.4, 0.5) is 0 Å². The van der Waals surface area contributed by atoms with Crippen LogP contribution in [0.5, 0.6) is 0 Å². The van der Waals surface area contributed by atoms with Gasteiger partial charge in [0.1, 0.15) is 0 Å². The van der Waals surface area contributed by atoms with E-state index < -0.39 is 5.97 Å². The van der Waals surface area contributed by atoms with E-state index in [9.17, 15) is 4.79 Å². The van der Waals surface area contributed by atoms with Gasteiger partial charge in [0.05, 0.1) is 5.69 Å². The maximum atomic E-state index is 10.6. The fraction of sp³-hybridized carbons (Fsp3) is 0.538. The number of carboxylic acids is 1. The average Bonchev–Trinajstić information content (AvgIpc) is 2.88. The number of carbonyl (C=O) groups is 1. The Hall–Kier alpha value is -1.36. The third-order valence-corrected chi connectivity index (χ3v) is 4.39. The van der Waals surface area contributed by atoms with Crippen molar-refractivity contribution in [3.8, 4) is 0 Å². The topological polar surface area (TPSA) is 54.6 Å². The molecule has 0 fully saturated rings. The Morgan fingerprint density at radius 2 is 2.28 bits per heavy atom. The molecule has 5 heteroatoms. The molecular weight excluding hydrogens is 248 g/mol. The van der Waals surface area contributed by atoms with Gasteiger partial charge < -0.3 is 5.11 Å². The van der Waals surface area contributed by atoms with Gasteiger partial charge in [0.2, 0.25) is 0 Å². The predicted molar refractivity (Wildman–Crippen MR) is 70.3 cm³/mol. The normalized spacial score (nSPS) is 14.9. The van der Waals surface area contributed by atoms with Crippen LogP contribution in [0.25, 0.3) is 4.96 Å². The SMILES string of the molecule is O=C(O)CCCc1csc2nc3c(n12)CCCC3. The molecule has 1 N–H and O–H groups in total. The first kappa shape index (κ1) is 11.7. The van der Waals surface area contributed by atoms with Crippen LogP contribution in [0.15, 0.2) is 5.38 Å². The summed E-state index contributed by atoms with van der Waals surface area (Å²) in [7, 11) is 0. The highest BCUT2D eigenvalue weighted by Gasteiger charge is 2.19. The molecule has 96 valence electrons. The smallest absolute Gasteiger partial charge is 0.303 e. The number of aryl methyl sites for hydroxylation is 3. The second-order valence-electron chi connectivity index (χ2n) is 4.80. The van der Waals surface area contributed by atoms with E-state index in [4.69, 9.17) is 5.11 Å². The van der Waals surface area contributed by atoms with Crippen molar-refractivity contribution < 1.29 is 9.90 Å². The highest BCUT2D eigenvalue weighted by molar-refractivity contribution is 7.15. The van der Waals surface area contributed by atoms with E-state index in [0.29, 0.717) is 6.42 Å². The van der Waals surface area contributed by atoms with E-state index in [1.54, 1.807) is 11.3 Å². The van der Waals surface area contributed by atoms with Crippen LogP contribution in [0.3, 0.4) is 0 Å². The van der Waals surface area contributed by atoms with Crippen molar-refractivity contribution >= 4 is 22.3 Å². The Bertz CT molecular complexity index is 585. The first-order valence-corrected chi connectivity index (χ1v) is 7.32. The van der Waals surface area contributed by atoms with Gasteiger partial charge in [0.25, 0.3) is 0 Å². The Balaban J connectivity index is 1.88. The van der Waals surface area contributed by atoms with Crippen molar-refractivity contribution in [2.45, 2.75) is 44.9 Å². The van der Waals surface area contributed by atoms with Gasteiger partial charge in [-0.2, -0.15) is 0 Å². The minimum atomic E-state index is -0.714. The van der Waals surface area contributed by atoms with E-state index >= 15 is 0 Å². The van der Waals surface area contributed by atoms with E-state index in [1.807, 2.05) is 0 Å². The quantitative estimate of drug-likeness (QED) is 0.923. The maximum Gasteiger partial charge on any atom is 0.303 e. The largest absolute Gasteiger partial charge is 0.481 e. The van der Waals surface area contributed by atoms with E-state index in [0.717, 1.165) is 24.2 Å². The Morgan fingerprint density at radius 3 is 3.11 bits per heavy atom. The number of fused-ring (bicyclic) bond motifs is 3. The molecule has 0 saturated heterocycles. The molecule has 0 atom stereocenters. The molecule has 4 nitrogen and oxygen atoms in total. The summed E-state index contributed by atoms with van der Waals surface area (Å²) in [5.41, 5.74) is 3.85. The molecule has 0 bridgehead atoms. The summed E-state index contributed by atoms with van der Waals surface area (Å²) in [6.45, 7) is 0. The molecular formula is C13H16N2O2S. The summed E-state index contributed by atoms with van der Waals surface area (Å²) in [6, 6.07) is 0. The fourth-order valence-corrected chi connectivity index (χ4v) is 3.62. The average molecular weight is 264 g/mol. The van der Waals surface area contributed by atoms with Gasteiger partial charge in [0, 0.05) is 23.2 Å². The van der Waals surface area contributed by atoms with Crippen LogP contribution in [-0.2, 0) is 24.1 Å². The molecule has 0 saturated carbocycles. The number of hydrogen-bond acceptors (Lipinski definition) is 3. The van der Waals surface area contributed by atoms with Crippen molar-refractivity contribution in [2.24, 2.45) is 0 Å². The van der Waals surface area contributed by atoms with Gasteiger partial charge in [-0.1, -0.05) is 0 Å². The zero-order valence-corrected chi connectivity index (χ0v) is 11.0. The lowest BCUT2D eigenvalue weighted by molar-refractivity contribution is -0.137. The summed E-state index contributed by atoms with van der Waals surface area (Å²) in [4.78, 5) is 16.3. The molecule has 3 rings (SSSR count). The molecule has 18 heavy (non-hydrogen) atoms. The van der Waals surface area contributed by atoms with Gasteiger partial charge in [-0.3, -0.25) is 9.20 Å². The lowest BCUT2D eigenvalue weighted by Gasteiger charge is -2.11. The van der Waals surface area contributed by atoms with E-state index in [2.05, 4.69) is 14.8 Å². The first-order chi connectivity index (χ1) is 8.75. The van der Waals surface area contributed by atoms with E-state index in [-0.39, 0.29) is 6.42 Å². The monoisotopic (exact) mass is 264 g/mol. The molecule has 2 aromatic heterocycles. The molecule has 1 aliphatic rings. The molecule has 0 aliphatic heterocycles. The van der Waals surface area contributed by atoms with Crippen LogP contribution < -0.4 is 0 Å². The molecule has 0 aromatic carbocycles. The van der Waals surface area contributed by atoms with Gasteiger partial charge in [-0.25, -0.2) is 4.98 Å². The zero-order chi connectivity index (χ0) is 12.5. The third kappa shape index (κ3) is 2.03. The summed E-state index contributed by atoms with van der Waals surface area (Å²) >= 11 is 1.67. The van der Waals surface area contributed by atoms with Crippen LogP contribution in [0.1, 0.15) is 42.8 Å². The molecule has 0 spiro atoms. The zero-order valence-electron chi connectivity index (χ0n) is 10.2. The number of rotatable bonds is 4. The molecule has 0 amide bonds. The van der Waals surface area contributed by atoms with Gasteiger partial charge in [-0.05, 0) is 38.5 Å². The summed E-state index contributed by atoms with van der Waals surface area (Å²) in [6.07, 6.45) is 6.46. The van der Waals surface area contributed by atoms with Gasteiger partial charge >= 0.3 is 5.97 Å². The van der Waals surface area contributed by atoms with Gasteiger partial charge in [-0.15, -0.1) is 11.3 Å². The van der Waals surface area contributed by atoms with Crippen LogP contribution in [0.2, 0.25) is 0 Å². The van der Waals surface area contributed by atoms with Crippen molar-refractivity contribution in [3.63, 3.8) is 0 Å². The standard InChI is InChI=1S/C13H16N2O2S/c16-12(17)7-3-4-9-8-18-13-14-10-5-1-2-6-11(10)15(9)13/h8H,1-7H2,(H,16,17). The van der Waals surface area contributed by atoms with Crippen molar-refractivity contribution in [3.05, 3.63) is 22.5 Å². The van der Waals surface area contributed by atoms with Crippen LogP contribution >= 0.6 is 11.3 Å². The number of carboxylic acid groups (broad SMARTS) is 1. The first-order valence-electron chi connectivity index (χ1n) is 6.44. The minimum absolute atomic E-state index is 0.244. The number of aromatic nitrogens is 2. The molecule has 2 heterocycles. The lowest BCUT2D eigenvalue weighted by Crippen LogP contribution is -2.06. The van der Waals surface area contributed by atoms with Crippen molar-refractivity contribution in [2.75, 3.05) is 0 Å². The second-order valence-corrected chi connectivity index (χ2v) is 5.64. The highest BCUT2D eigenvalue weighted by Crippen LogP contribution is 2.27. The van der Waals surface area contributed by atoms with Crippen molar-refractivity contribution in [1.29, 1.82) is 0 Å². The Labute approximate surface area is 109 Å². The Morgan fingerprint density at radius 1 is 1.44 bits per heavy atom. The van der Waals surface area contributed by atoms with E-state index in [1.165, 1.54) is 29.9 Å². The van der Waals surface area contributed by atoms with Gasteiger partial charge in [0.15, 0.2) is 4.96 Å². The Kier molecular flexibility index (Phi) is 3.07. The highest BCUT2D eigenvalue weighted by atomic mass is 32.1. The molecule has 1 aliphatic carbocycles. The van der Waals surface area contributed by atoms with Crippen LogP contribution in [0, 0.1) is 0 Å². The lowest BCUT2D eigenvalue weighted by atomic mass is 10.0. The third-order valence-electron chi connectivity index (χ3n) is 3.51. The summed E-state index contributed by atoms with van der Waals surface area (Å²) in [5, 5.41) is 10.8.